The zero-order chi connectivity index (χ0) is 26.1. The fraction of sp³-hybridized carbons (Fsp3) is 0.103. The van der Waals surface area contributed by atoms with Crippen molar-refractivity contribution in [2.45, 2.75) is 13.0 Å². The smallest absolute Gasteiger partial charge is 0.316 e. The van der Waals surface area contributed by atoms with Crippen LogP contribution in [0.4, 0.5) is 5.82 Å². The third-order valence-corrected chi connectivity index (χ3v) is 6.40. The predicted octanol–water partition coefficient (Wildman–Crippen LogP) is 4.97. The van der Waals surface area contributed by atoms with E-state index in [0.29, 0.717) is 16.7 Å². The molecule has 4 aromatic heterocycles. The zero-order valence-electron chi connectivity index (χ0n) is 20.7. The van der Waals surface area contributed by atoms with E-state index < -0.39 is 0 Å². The Morgan fingerprint density at radius 2 is 1.71 bits per heavy atom. The molecule has 0 aliphatic carbocycles. The van der Waals surface area contributed by atoms with E-state index in [1.807, 2.05) is 73.7 Å². The summed E-state index contributed by atoms with van der Waals surface area (Å²) in [6, 6.07) is 21.1. The number of para-hydroxylation sites is 1. The van der Waals surface area contributed by atoms with Gasteiger partial charge in [-0.25, -0.2) is 19.9 Å². The zero-order valence-corrected chi connectivity index (χ0v) is 20.7. The molecule has 0 saturated carbocycles. The first-order valence-electron chi connectivity index (χ1n) is 12.1. The molecule has 1 atom stereocenters. The van der Waals surface area contributed by atoms with E-state index in [0.717, 1.165) is 33.4 Å². The molecule has 6 rings (SSSR count). The molecule has 0 radical (unpaired) electrons. The number of ether oxygens (including phenoxy) is 1. The minimum absolute atomic E-state index is 0.144. The van der Waals surface area contributed by atoms with Crippen molar-refractivity contribution in [2.75, 3.05) is 12.4 Å². The van der Waals surface area contributed by atoms with Crippen molar-refractivity contribution in [1.29, 1.82) is 0 Å². The van der Waals surface area contributed by atoms with Crippen LogP contribution in [0, 0.1) is 0 Å². The minimum Gasteiger partial charge on any atom is -0.467 e. The van der Waals surface area contributed by atoms with Gasteiger partial charge in [0.05, 0.1) is 24.1 Å². The molecular weight excluding hydrogens is 478 g/mol. The maximum atomic E-state index is 14.3. The summed E-state index contributed by atoms with van der Waals surface area (Å²) >= 11 is 0. The van der Waals surface area contributed by atoms with E-state index in [1.165, 1.54) is 13.4 Å². The van der Waals surface area contributed by atoms with Crippen LogP contribution in [0.3, 0.4) is 0 Å². The molecule has 9 nitrogen and oxygen atoms in total. The predicted molar refractivity (Wildman–Crippen MR) is 146 cm³/mol. The molecule has 0 amide bonds. The van der Waals surface area contributed by atoms with E-state index in [9.17, 15) is 4.79 Å². The van der Waals surface area contributed by atoms with Crippen LogP contribution in [0.2, 0.25) is 0 Å². The molecule has 2 aromatic carbocycles. The van der Waals surface area contributed by atoms with Gasteiger partial charge in [-0.15, -0.1) is 0 Å². The third kappa shape index (κ3) is 4.09. The minimum atomic E-state index is -0.291. The van der Waals surface area contributed by atoms with Gasteiger partial charge in [-0.3, -0.25) is 14.3 Å². The van der Waals surface area contributed by atoms with Crippen molar-refractivity contribution in [2.24, 2.45) is 0 Å². The van der Waals surface area contributed by atoms with Crippen LogP contribution in [-0.4, -0.2) is 36.6 Å². The van der Waals surface area contributed by atoms with Gasteiger partial charge >= 0.3 is 6.01 Å². The van der Waals surface area contributed by atoms with Crippen molar-refractivity contribution >= 4 is 27.6 Å². The Morgan fingerprint density at radius 3 is 2.50 bits per heavy atom. The van der Waals surface area contributed by atoms with E-state index in [2.05, 4.69) is 30.2 Å². The van der Waals surface area contributed by atoms with Crippen molar-refractivity contribution in [3.8, 4) is 22.8 Å². The first-order valence-corrected chi connectivity index (χ1v) is 12.1. The molecule has 1 N–H and O–H groups in total. The molecule has 0 saturated heterocycles. The average Bonchev–Trinajstić information content (AvgIpc) is 2.97. The number of nitrogens with zero attached hydrogens (tertiary/aromatic N) is 6. The molecule has 9 heteroatoms. The largest absolute Gasteiger partial charge is 0.467 e. The Balaban J connectivity index is 1.55. The fourth-order valence-electron chi connectivity index (χ4n) is 4.62. The van der Waals surface area contributed by atoms with Crippen molar-refractivity contribution in [3.05, 3.63) is 108 Å². The molecule has 186 valence electrons. The fourth-order valence-corrected chi connectivity index (χ4v) is 4.62. The first-order chi connectivity index (χ1) is 18.6. The average molecular weight is 502 g/mol. The lowest BCUT2D eigenvalue weighted by Gasteiger charge is -2.22. The number of benzene rings is 2. The van der Waals surface area contributed by atoms with Gasteiger partial charge in [0.15, 0.2) is 5.82 Å². The van der Waals surface area contributed by atoms with Crippen LogP contribution in [0.5, 0.6) is 6.01 Å². The Hall–Kier alpha value is -5.18. The molecule has 0 aliphatic rings. The Labute approximate surface area is 217 Å². The summed E-state index contributed by atoms with van der Waals surface area (Å²) < 4.78 is 6.84. The number of nitrogens with one attached hydrogen (secondary N) is 1. The van der Waals surface area contributed by atoms with Gasteiger partial charge in [-0.2, -0.15) is 0 Å². The molecule has 0 fully saturated rings. The topological polar surface area (TPSA) is 108 Å². The second-order valence-electron chi connectivity index (χ2n) is 8.73. The number of anilines is 1. The molecule has 4 heterocycles. The SMILES string of the molecule is COc1ncc(-c2cccc3cc([C@H](C)Nc4ncnc5cccnc45)n(-c4ccccc4)c(=O)c23)cn1. The number of pyridine rings is 2. The number of fused-ring (bicyclic) bond motifs is 2. The summed E-state index contributed by atoms with van der Waals surface area (Å²) in [5, 5.41) is 4.84. The lowest BCUT2D eigenvalue weighted by Crippen LogP contribution is -2.26. The summed E-state index contributed by atoms with van der Waals surface area (Å²) in [5.74, 6) is 0.597. The number of rotatable bonds is 6. The number of hydrogen-bond acceptors (Lipinski definition) is 8. The van der Waals surface area contributed by atoms with Crippen LogP contribution in [0.15, 0.2) is 96.4 Å². The summed E-state index contributed by atoms with van der Waals surface area (Å²) in [6.07, 6.45) is 6.55. The van der Waals surface area contributed by atoms with Gasteiger partial charge in [0.2, 0.25) is 0 Å². The number of methoxy groups -OCH3 is 1. The van der Waals surface area contributed by atoms with E-state index >= 15 is 0 Å². The van der Waals surface area contributed by atoms with Gasteiger partial charge in [-0.1, -0.05) is 36.4 Å². The maximum absolute atomic E-state index is 14.3. The van der Waals surface area contributed by atoms with Gasteiger partial charge in [-0.05, 0) is 48.2 Å². The molecule has 0 spiro atoms. The van der Waals surface area contributed by atoms with Gasteiger partial charge in [0.1, 0.15) is 11.8 Å². The van der Waals surface area contributed by atoms with Crippen LogP contribution in [0.1, 0.15) is 18.7 Å². The lowest BCUT2D eigenvalue weighted by atomic mass is 9.99. The van der Waals surface area contributed by atoms with Crippen LogP contribution in [0.25, 0.3) is 38.6 Å². The Bertz CT molecular complexity index is 1810. The number of aromatic nitrogens is 6. The third-order valence-electron chi connectivity index (χ3n) is 6.40. The highest BCUT2D eigenvalue weighted by atomic mass is 16.5. The quantitative estimate of drug-likeness (QED) is 0.341. The second-order valence-corrected chi connectivity index (χ2v) is 8.73. The molecular formula is C29H23N7O2. The van der Waals surface area contributed by atoms with Gasteiger partial charge < -0.3 is 10.1 Å². The van der Waals surface area contributed by atoms with Crippen molar-refractivity contribution in [3.63, 3.8) is 0 Å². The van der Waals surface area contributed by atoms with Crippen LogP contribution < -0.4 is 15.6 Å². The first kappa shape index (κ1) is 23.2. The molecule has 0 aliphatic heterocycles. The van der Waals surface area contributed by atoms with Gasteiger partial charge in [0, 0.05) is 35.5 Å². The Kier molecular flexibility index (Phi) is 5.93. The summed E-state index contributed by atoms with van der Waals surface area (Å²) in [6.45, 7) is 2.00. The standard InChI is InChI=1S/C29H23N7O2/c1-18(35-27-26-23(33-17-34-27)12-7-13-30-26)24-14-19-8-6-11-22(20-15-31-29(38-2)32-16-20)25(19)28(37)36(24)21-9-4-3-5-10-21/h3-18H,1-2H3,(H,33,34,35)/t18-/m0/s1. The summed E-state index contributed by atoms with van der Waals surface area (Å²) in [5.41, 5.74) is 4.27. The summed E-state index contributed by atoms with van der Waals surface area (Å²) in [4.78, 5) is 35.9. The second kappa shape index (κ2) is 9.70. The maximum Gasteiger partial charge on any atom is 0.316 e. The monoisotopic (exact) mass is 501 g/mol. The molecule has 6 aromatic rings. The van der Waals surface area contributed by atoms with E-state index in [4.69, 9.17) is 4.74 Å². The highest BCUT2D eigenvalue weighted by Gasteiger charge is 2.20. The van der Waals surface area contributed by atoms with Gasteiger partial charge in [0.25, 0.3) is 5.56 Å². The highest BCUT2D eigenvalue weighted by molar-refractivity contribution is 5.96. The van der Waals surface area contributed by atoms with Crippen molar-refractivity contribution in [1.82, 2.24) is 29.5 Å². The van der Waals surface area contributed by atoms with Crippen molar-refractivity contribution < 1.29 is 4.74 Å². The molecule has 38 heavy (non-hydrogen) atoms. The Morgan fingerprint density at radius 1 is 0.895 bits per heavy atom. The number of hydrogen-bond donors (Lipinski definition) is 1. The molecule has 0 unspecified atom stereocenters. The van der Waals surface area contributed by atoms with E-state index in [1.54, 1.807) is 23.2 Å². The van der Waals surface area contributed by atoms with Crippen LogP contribution >= 0.6 is 0 Å². The highest BCUT2D eigenvalue weighted by Crippen LogP contribution is 2.30. The van der Waals surface area contributed by atoms with E-state index in [-0.39, 0.29) is 17.6 Å². The molecule has 0 bridgehead atoms. The summed E-state index contributed by atoms with van der Waals surface area (Å²) in [7, 11) is 1.52. The van der Waals surface area contributed by atoms with Crippen LogP contribution in [-0.2, 0) is 0 Å². The normalized spacial score (nSPS) is 11.9. The lowest BCUT2D eigenvalue weighted by molar-refractivity contribution is 0.380.